The lowest BCUT2D eigenvalue weighted by Gasteiger charge is -2.23. The van der Waals surface area contributed by atoms with Crippen molar-refractivity contribution in [3.05, 3.63) is 59.9 Å². The van der Waals surface area contributed by atoms with E-state index in [1.807, 2.05) is 37.3 Å². The van der Waals surface area contributed by atoms with Crippen molar-refractivity contribution in [2.45, 2.75) is 29.5 Å². The van der Waals surface area contributed by atoms with Gasteiger partial charge in [-0.1, -0.05) is 19.1 Å². The number of rotatable bonds is 6. The predicted molar refractivity (Wildman–Crippen MR) is 86.3 cm³/mol. The van der Waals surface area contributed by atoms with Crippen molar-refractivity contribution < 1.29 is 9.13 Å². The van der Waals surface area contributed by atoms with Crippen LogP contribution in [0.25, 0.3) is 0 Å². The van der Waals surface area contributed by atoms with Crippen LogP contribution in [0.3, 0.4) is 0 Å². The maximum absolute atomic E-state index is 13.5. The summed E-state index contributed by atoms with van der Waals surface area (Å²) in [5.74, 6) is 0.595. The SMILES string of the molecule is CCC(N)C(Sc1ccc(OC)cc1)c1cccc(F)c1. The zero-order valence-corrected chi connectivity index (χ0v) is 13.1. The van der Waals surface area contributed by atoms with Gasteiger partial charge < -0.3 is 10.5 Å². The van der Waals surface area contributed by atoms with Gasteiger partial charge in [0, 0.05) is 16.2 Å². The zero-order valence-electron chi connectivity index (χ0n) is 12.3. The third-order valence-electron chi connectivity index (χ3n) is 3.36. The summed E-state index contributed by atoms with van der Waals surface area (Å²) in [5.41, 5.74) is 7.16. The summed E-state index contributed by atoms with van der Waals surface area (Å²) >= 11 is 1.66. The third kappa shape index (κ3) is 4.22. The van der Waals surface area contributed by atoms with Crippen molar-refractivity contribution >= 4 is 11.8 Å². The Morgan fingerprint density at radius 2 is 1.90 bits per heavy atom. The number of methoxy groups -OCH3 is 1. The van der Waals surface area contributed by atoms with Gasteiger partial charge in [0.2, 0.25) is 0 Å². The van der Waals surface area contributed by atoms with E-state index in [0.29, 0.717) is 0 Å². The quantitative estimate of drug-likeness (QED) is 0.803. The molecule has 21 heavy (non-hydrogen) atoms. The topological polar surface area (TPSA) is 35.2 Å². The largest absolute Gasteiger partial charge is 0.497 e. The lowest BCUT2D eigenvalue weighted by Crippen LogP contribution is -2.25. The van der Waals surface area contributed by atoms with Crippen LogP contribution in [0.5, 0.6) is 5.75 Å². The van der Waals surface area contributed by atoms with Gasteiger partial charge in [-0.05, 0) is 48.4 Å². The van der Waals surface area contributed by atoms with Gasteiger partial charge in [-0.3, -0.25) is 0 Å². The molecule has 0 bridgehead atoms. The molecule has 0 saturated carbocycles. The lowest BCUT2D eigenvalue weighted by molar-refractivity contribution is 0.414. The normalized spacial score (nSPS) is 13.7. The summed E-state index contributed by atoms with van der Waals surface area (Å²) in [6, 6.07) is 14.5. The van der Waals surface area contributed by atoms with Crippen LogP contribution in [0.1, 0.15) is 24.2 Å². The molecule has 0 aliphatic rings. The Hall–Kier alpha value is -1.52. The van der Waals surface area contributed by atoms with Crippen LogP contribution in [0.15, 0.2) is 53.4 Å². The van der Waals surface area contributed by atoms with Crippen molar-refractivity contribution in [1.29, 1.82) is 0 Å². The minimum Gasteiger partial charge on any atom is -0.497 e. The second-order valence-corrected chi connectivity index (χ2v) is 6.06. The smallest absolute Gasteiger partial charge is 0.123 e. The number of thioether (sulfide) groups is 1. The molecule has 2 rings (SSSR count). The molecule has 2 N–H and O–H groups in total. The van der Waals surface area contributed by atoms with Crippen LogP contribution in [0.4, 0.5) is 4.39 Å². The summed E-state index contributed by atoms with van der Waals surface area (Å²) in [4.78, 5) is 1.09. The van der Waals surface area contributed by atoms with Gasteiger partial charge in [-0.2, -0.15) is 0 Å². The average molecular weight is 305 g/mol. The van der Waals surface area contributed by atoms with Crippen LogP contribution in [0.2, 0.25) is 0 Å². The summed E-state index contributed by atoms with van der Waals surface area (Å²) in [7, 11) is 1.64. The van der Waals surface area contributed by atoms with Crippen molar-refractivity contribution in [2.75, 3.05) is 7.11 Å². The highest BCUT2D eigenvalue weighted by molar-refractivity contribution is 7.99. The first-order valence-corrected chi connectivity index (χ1v) is 7.83. The van der Waals surface area contributed by atoms with Crippen LogP contribution in [-0.4, -0.2) is 13.2 Å². The molecule has 0 aliphatic heterocycles. The van der Waals surface area contributed by atoms with E-state index < -0.39 is 0 Å². The Labute approximate surface area is 129 Å². The van der Waals surface area contributed by atoms with Gasteiger partial charge in [0.15, 0.2) is 0 Å². The standard InChI is InChI=1S/C17H20FNOS/c1-3-16(19)17(12-5-4-6-13(18)11-12)21-15-9-7-14(20-2)8-10-15/h4-11,16-17H,3,19H2,1-2H3. The molecule has 2 unspecified atom stereocenters. The molecule has 2 atom stereocenters. The second kappa shape index (κ2) is 7.48. The van der Waals surface area contributed by atoms with Crippen molar-refractivity contribution in [1.82, 2.24) is 0 Å². The van der Waals surface area contributed by atoms with E-state index in [4.69, 9.17) is 10.5 Å². The van der Waals surface area contributed by atoms with Crippen LogP contribution in [-0.2, 0) is 0 Å². The van der Waals surface area contributed by atoms with Gasteiger partial charge >= 0.3 is 0 Å². The van der Waals surface area contributed by atoms with Gasteiger partial charge in [0.1, 0.15) is 11.6 Å². The van der Waals surface area contributed by atoms with E-state index in [-0.39, 0.29) is 17.1 Å². The fraction of sp³-hybridized carbons (Fsp3) is 0.294. The van der Waals surface area contributed by atoms with E-state index >= 15 is 0 Å². The first kappa shape index (κ1) is 15.9. The number of ether oxygens (including phenoxy) is 1. The predicted octanol–water partition coefficient (Wildman–Crippen LogP) is 4.41. The van der Waals surface area contributed by atoms with Crippen molar-refractivity contribution in [3.63, 3.8) is 0 Å². The summed E-state index contributed by atoms with van der Waals surface area (Å²) in [5, 5.41) is 0.0269. The molecular formula is C17H20FNOS. The highest BCUT2D eigenvalue weighted by atomic mass is 32.2. The van der Waals surface area contributed by atoms with Crippen LogP contribution < -0.4 is 10.5 Å². The molecule has 0 aromatic heterocycles. The molecule has 4 heteroatoms. The van der Waals surface area contributed by atoms with Crippen LogP contribution >= 0.6 is 11.8 Å². The van der Waals surface area contributed by atoms with E-state index in [1.165, 1.54) is 6.07 Å². The minimum absolute atomic E-state index is 0.0269. The monoisotopic (exact) mass is 305 g/mol. The zero-order chi connectivity index (χ0) is 15.2. The Morgan fingerprint density at radius 3 is 2.48 bits per heavy atom. The number of nitrogens with two attached hydrogens (primary N) is 1. The average Bonchev–Trinajstić information content (AvgIpc) is 2.52. The Bertz CT molecular complexity index is 573. The molecule has 112 valence electrons. The van der Waals surface area contributed by atoms with E-state index in [1.54, 1.807) is 31.0 Å². The lowest BCUT2D eigenvalue weighted by atomic mass is 10.0. The van der Waals surface area contributed by atoms with Gasteiger partial charge in [0.25, 0.3) is 0 Å². The summed E-state index contributed by atoms with van der Waals surface area (Å²) < 4.78 is 18.6. The number of hydrogen-bond donors (Lipinski definition) is 1. The van der Waals surface area contributed by atoms with Gasteiger partial charge in [-0.25, -0.2) is 4.39 Å². The second-order valence-electron chi connectivity index (χ2n) is 4.84. The van der Waals surface area contributed by atoms with Gasteiger partial charge in [-0.15, -0.1) is 11.8 Å². The molecule has 0 saturated heterocycles. The first-order chi connectivity index (χ1) is 10.1. The Kier molecular flexibility index (Phi) is 5.65. The molecule has 0 fully saturated rings. The summed E-state index contributed by atoms with van der Waals surface area (Å²) in [6.07, 6.45) is 0.838. The first-order valence-electron chi connectivity index (χ1n) is 6.95. The van der Waals surface area contributed by atoms with E-state index in [0.717, 1.165) is 22.6 Å². The maximum atomic E-state index is 13.5. The molecule has 0 spiro atoms. The summed E-state index contributed by atoms with van der Waals surface area (Å²) in [6.45, 7) is 2.05. The molecule has 2 aromatic carbocycles. The van der Waals surface area contributed by atoms with Gasteiger partial charge in [0.05, 0.1) is 7.11 Å². The molecule has 0 amide bonds. The third-order valence-corrected chi connectivity index (χ3v) is 4.78. The minimum atomic E-state index is -0.226. The molecule has 0 aliphatic carbocycles. The molecule has 0 heterocycles. The molecule has 0 radical (unpaired) electrons. The molecular weight excluding hydrogens is 285 g/mol. The number of halogens is 1. The van der Waals surface area contributed by atoms with Crippen molar-refractivity contribution in [2.24, 2.45) is 5.73 Å². The fourth-order valence-electron chi connectivity index (χ4n) is 2.10. The maximum Gasteiger partial charge on any atom is 0.123 e. The Balaban J connectivity index is 2.23. The highest BCUT2D eigenvalue weighted by Crippen LogP contribution is 2.38. The molecule has 2 aromatic rings. The van der Waals surface area contributed by atoms with Crippen molar-refractivity contribution in [3.8, 4) is 5.75 Å². The fourth-order valence-corrected chi connectivity index (χ4v) is 3.34. The number of benzene rings is 2. The van der Waals surface area contributed by atoms with E-state index in [2.05, 4.69) is 0 Å². The Morgan fingerprint density at radius 1 is 1.19 bits per heavy atom. The van der Waals surface area contributed by atoms with E-state index in [9.17, 15) is 4.39 Å². The van der Waals surface area contributed by atoms with Crippen LogP contribution in [0, 0.1) is 5.82 Å². The number of hydrogen-bond acceptors (Lipinski definition) is 3. The highest BCUT2D eigenvalue weighted by Gasteiger charge is 2.20. The molecule has 2 nitrogen and oxygen atoms in total.